The Bertz CT molecular complexity index is 730. The van der Waals surface area contributed by atoms with Crippen molar-refractivity contribution in [1.82, 2.24) is 4.98 Å². The smallest absolute Gasteiger partial charge is 0.256 e. The number of para-hydroxylation sites is 1. The Balaban J connectivity index is 1.62. The number of carbonyl (C=O) groups excluding carboxylic acids is 1. The van der Waals surface area contributed by atoms with Crippen LogP contribution in [0.25, 0.3) is 0 Å². The summed E-state index contributed by atoms with van der Waals surface area (Å²) in [5.41, 5.74) is 3.11. The van der Waals surface area contributed by atoms with Gasteiger partial charge in [0, 0.05) is 24.6 Å². The fraction of sp³-hybridized carbons (Fsp3) is 0.235. The van der Waals surface area contributed by atoms with Crippen LogP contribution >= 0.6 is 0 Å². The van der Waals surface area contributed by atoms with E-state index in [1.165, 1.54) is 12.0 Å². The molecule has 5 nitrogen and oxygen atoms in total. The van der Waals surface area contributed by atoms with Gasteiger partial charge in [-0.2, -0.15) is 0 Å². The molecule has 5 heteroatoms. The van der Waals surface area contributed by atoms with Crippen molar-refractivity contribution in [3.05, 3.63) is 59.9 Å². The SMILES string of the molecule is O=C([C@H]1N=CO[C@@H]1c1ccncc1)N1CCc2ccccc21. The highest BCUT2D eigenvalue weighted by atomic mass is 16.5. The summed E-state index contributed by atoms with van der Waals surface area (Å²) in [4.78, 5) is 23.0. The lowest BCUT2D eigenvalue weighted by Crippen LogP contribution is -2.39. The molecule has 0 unspecified atom stereocenters. The number of rotatable bonds is 2. The Labute approximate surface area is 128 Å². The molecule has 0 fully saturated rings. The molecule has 110 valence electrons. The van der Waals surface area contributed by atoms with Crippen LogP contribution in [0.1, 0.15) is 17.2 Å². The lowest BCUT2D eigenvalue weighted by atomic mass is 10.0. The van der Waals surface area contributed by atoms with Crippen molar-refractivity contribution in [2.24, 2.45) is 4.99 Å². The number of anilines is 1. The highest BCUT2D eigenvalue weighted by Crippen LogP contribution is 2.33. The average Bonchev–Trinajstić information content (AvgIpc) is 3.22. The van der Waals surface area contributed by atoms with E-state index in [1.54, 1.807) is 12.4 Å². The minimum Gasteiger partial charge on any atom is -0.473 e. The van der Waals surface area contributed by atoms with Crippen LogP contribution in [0.3, 0.4) is 0 Å². The van der Waals surface area contributed by atoms with E-state index < -0.39 is 6.04 Å². The summed E-state index contributed by atoms with van der Waals surface area (Å²) in [5, 5.41) is 0. The Hall–Kier alpha value is -2.69. The van der Waals surface area contributed by atoms with Crippen molar-refractivity contribution in [3.8, 4) is 0 Å². The van der Waals surface area contributed by atoms with Gasteiger partial charge in [-0.3, -0.25) is 9.78 Å². The van der Waals surface area contributed by atoms with Crippen molar-refractivity contribution < 1.29 is 9.53 Å². The highest BCUT2D eigenvalue weighted by molar-refractivity contribution is 6.00. The zero-order chi connectivity index (χ0) is 14.9. The summed E-state index contributed by atoms with van der Waals surface area (Å²) in [7, 11) is 0. The molecule has 1 amide bonds. The third kappa shape index (κ3) is 2.06. The van der Waals surface area contributed by atoms with E-state index in [9.17, 15) is 4.79 Å². The van der Waals surface area contributed by atoms with E-state index in [-0.39, 0.29) is 12.0 Å². The van der Waals surface area contributed by atoms with Crippen molar-refractivity contribution in [2.75, 3.05) is 11.4 Å². The first-order valence-electron chi connectivity index (χ1n) is 7.31. The van der Waals surface area contributed by atoms with Crippen LogP contribution in [0.5, 0.6) is 0 Å². The van der Waals surface area contributed by atoms with Gasteiger partial charge < -0.3 is 9.64 Å². The number of ether oxygens (including phenoxy) is 1. The van der Waals surface area contributed by atoms with Gasteiger partial charge in [-0.05, 0) is 35.7 Å². The van der Waals surface area contributed by atoms with E-state index in [4.69, 9.17) is 4.74 Å². The standard InChI is InChI=1S/C17H15N3O2/c21-17(20-10-7-12-3-1-2-4-14(12)20)15-16(22-11-19-15)13-5-8-18-9-6-13/h1-6,8-9,11,15-16H,7,10H2/t15-,16+/m0/s1. The normalized spacial score (nSPS) is 22.5. The van der Waals surface area contributed by atoms with Crippen LogP contribution in [0, 0.1) is 0 Å². The number of hydrogen-bond donors (Lipinski definition) is 0. The lowest BCUT2D eigenvalue weighted by molar-refractivity contribution is -0.121. The molecular formula is C17H15N3O2. The Morgan fingerprint density at radius 1 is 1.18 bits per heavy atom. The Kier molecular flexibility index (Phi) is 3.11. The minimum absolute atomic E-state index is 0.0134. The van der Waals surface area contributed by atoms with Crippen LogP contribution in [0.15, 0.2) is 53.8 Å². The number of nitrogens with zero attached hydrogens (tertiary/aromatic N) is 3. The second-order valence-electron chi connectivity index (χ2n) is 5.41. The quantitative estimate of drug-likeness (QED) is 0.852. The fourth-order valence-electron chi connectivity index (χ4n) is 3.05. The number of aromatic nitrogens is 1. The summed E-state index contributed by atoms with van der Waals surface area (Å²) in [6, 6.07) is 11.2. The maximum Gasteiger partial charge on any atom is 0.256 e. The third-order valence-electron chi connectivity index (χ3n) is 4.16. The molecular weight excluding hydrogens is 278 g/mol. The van der Waals surface area contributed by atoms with Gasteiger partial charge in [-0.1, -0.05) is 18.2 Å². The first-order chi connectivity index (χ1) is 10.8. The zero-order valence-corrected chi connectivity index (χ0v) is 11.9. The summed E-state index contributed by atoms with van der Waals surface area (Å²) in [6.07, 6.45) is 5.30. The predicted molar refractivity (Wildman–Crippen MR) is 82.8 cm³/mol. The Morgan fingerprint density at radius 3 is 2.86 bits per heavy atom. The van der Waals surface area contributed by atoms with Crippen LogP contribution < -0.4 is 4.90 Å². The van der Waals surface area contributed by atoms with Gasteiger partial charge in [0.05, 0.1) is 0 Å². The summed E-state index contributed by atoms with van der Waals surface area (Å²) in [5.74, 6) is -0.0134. The van der Waals surface area contributed by atoms with Crippen LogP contribution in [0.4, 0.5) is 5.69 Å². The number of carbonyl (C=O) groups is 1. The van der Waals surface area contributed by atoms with E-state index in [1.807, 2.05) is 35.2 Å². The van der Waals surface area contributed by atoms with E-state index in [0.717, 1.165) is 17.7 Å². The number of aliphatic imine (C=N–C) groups is 1. The second kappa shape index (κ2) is 5.26. The summed E-state index contributed by atoms with van der Waals surface area (Å²) < 4.78 is 5.55. The van der Waals surface area contributed by atoms with Crippen LogP contribution in [-0.2, 0) is 16.0 Å². The maximum absolute atomic E-state index is 12.9. The van der Waals surface area contributed by atoms with E-state index in [0.29, 0.717) is 6.54 Å². The van der Waals surface area contributed by atoms with E-state index >= 15 is 0 Å². The molecule has 4 rings (SSSR count). The molecule has 22 heavy (non-hydrogen) atoms. The van der Waals surface area contributed by atoms with Crippen molar-refractivity contribution in [3.63, 3.8) is 0 Å². The van der Waals surface area contributed by atoms with Crippen molar-refractivity contribution >= 4 is 18.0 Å². The molecule has 2 aliphatic rings. The molecule has 2 aromatic rings. The lowest BCUT2D eigenvalue weighted by Gasteiger charge is -2.23. The average molecular weight is 293 g/mol. The van der Waals surface area contributed by atoms with Gasteiger partial charge in [-0.25, -0.2) is 4.99 Å². The second-order valence-corrected chi connectivity index (χ2v) is 5.41. The van der Waals surface area contributed by atoms with E-state index in [2.05, 4.69) is 16.0 Å². The molecule has 0 radical (unpaired) electrons. The van der Waals surface area contributed by atoms with Gasteiger partial charge >= 0.3 is 0 Å². The Morgan fingerprint density at radius 2 is 2.00 bits per heavy atom. The van der Waals surface area contributed by atoms with Gasteiger partial charge in [0.25, 0.3) is 5.91 Å². The molecule has 2 atom stereocenters. The molecule has 0 aliphatic carbocycles. The molecule has 3 heterocycles. The maximum atomic E-state index is 12.9. The van der Waals surface area contributed by atoms with Gasteiger partial charge in [0.1, 0.15) is 0 Å². The number of benzene rings is 1. The first-order valence-corrected chi connectivity index (χ1v) is 7.31. The molecule has 2 aliphatic heterocycles. The number of hydrogen-bond acceptors (Lipinski definition) is 4. The largest absolute Gasteiger partial charge is 0.473 e. The summed E-state index contributed by atoms with van der Waals surface area (Å²) >= 11 is 0. The van der Waals surface area contributed by atoms with Crippen molar-refractivity contribution in [1.29, 1.82) is 0 Å². The highest BCUT2D eigenvalue weighted by Gasteiger charge is 2.38. The van der Waals surface area contributed by atoms with Crippen LogP contribution in [0.2, 0.25) is 0 Å². The molecule has 1 aromatic heterocycles. The first kappa shape index (κ1) is 13.0. The van der Waals surface area contributed by atoms with Gasteiger partial charge in [-0.15, -0.1) is 0 Å². The summed E-state index contributed by atoms with van der Waals surface area (Å²) in [6.45, 7) is 0.702. The molecule has 0 saturated carbocycles. The molecule has 0 saturated heterocycles. The predicted octanol–water partition coefficient (Wildman–Crippen LogP) is 2.14. The third-order valence-corrected chi connectivity index (χ3v) is 4.16. The topological polar surface area (TPSA) is 54.8 Å². The number of amides is 1. The monoisotopic (exact) mass is 293 g/mol. The van der Waals surface area contributed by atoms with Crippen molar-refractivity contribution in [2.45, 2.75) is 18.6 Å². The number of fused-ring (bicyclic) bond motifs is 1. The molecule has 1 aromatic carbocycles. The van der Waals surface area contributed by atoms with Gasteiger partial charge in [0.2, 0.25) is 0 Å². The molecule has 0 N–H and O–H groups in total. The van der Waals surface area contributed by atoms with Crippen LogP contribution in [-0.4, -0.2) is 29.9 Å². The van der Waals surface area contributed by atoms with Gasteiger partial charge in [0.15, 0.2) is 18.5 Å². The molecule has 0 spiro atoms. The minimum atomic E-state index is -0.534. The fourth-order valence-corrected chi connectivity index (χ4v) is 3.05. The number of pyridine rings is 1. The molecule has 0 bridgehead atoms. The zero-order valence-electron chi connectivity index (χ0n) is 11.9.